The largest absolute Gasteiger partial charge is 0.405 e. The fourth-order valence-electron chi connectivity index (χ4n) is 2.62. The first-order valence-electron chi connectivity index (χ1n) is 7.57. The Hall–Kier alpha value is -1.94. The number of halogens is 3. The van der Waals surface area contributed by atoms with Crippen LogP contribution >= 0.6 is 0 Å². The van der Waals surface area contributed by atoms with Crippen molar-refractivity contribution >= 4 is 5.91 Å². The molecule has 0 radical (unpaired) electrons. The number of aryl methyl sites for hydroxylation is 1. The minimum absolute atomic E-state index is 0.205. The first kappa shape index (κ1) is 18.4. The van der Waals surface area contributed by atoms with E-state index in [4.69, 9.17) is 0 Å². The molecule has 1 aliphatic rings. The summed E-state index contributed by atoms with van der Waals surface area (Å²) >= 11 is 0. The number of carbonyl (C=O) groups excluding carboxylic acids is 1. The van der Waals surface area contributed by atoms with Crippen LogP contribution in [0, 0.1) is 13.8 Å². The van der Waals surface area contributed by atoms with Crippen molar-refractivity contribution in [3.8, 4) is 0 Å². The van der Waals surface area contributed by atoms with Crippen LogP contribution in [0.1, 0.15) is 21.6 Å². The van der Waals surface area contributed by atoms with Crippen LogP contribution in [0.3, 0.4) is 0 Å². The van der Waals surface area contributed by atoms with Gasteiger partial charge < -0.3 is 10.6 Å². The van der Waals surface area contributed by atoms with E-state index in [9.17, 15) is 22.8 Å². The normalized spacial score (nSPS) is 17.5. The summed E-state index contributed by atoms with van der Waals surface area (Å²) in [4.78, 5) is 25.2. The van der Waals surface area contributed by atoms with Crippen molar-refractivity contribution in [1.29, 1.82) is 0 Å². The zero-order valence-corrected chi connectivity index (χ0v) is 13.5. The molecule has 0 aromatic carbocycles. The zero-order chi connectivity index (χ0) is 17.9. The molecule has 1 atom stereocenters. The molecule has 1 saturated heterocycles. The van der Waals surface area contributed by atoms with Crippen molar-refractivity contribution in [3.63, 3.8) is 0 Å². The predicted octanol–water partition coefficient (Wildman–Crippen LogP) is -0.0474. The lowest BCUT2D eigenvalue weighted by Gasteiger charge is -2.35. The number of H-pyrrole nitrogens is 1. The third-order valence-corrected chi connectivity index (χ3v) is 4.12. The number of amides is 1. The summed E-state index contributed by atoms with van der Waals surface area (Å²) in [6, 6.07) is -1.79. The van der Waals surface area contributed by atoms with Gasteiger partial charge in [0.25, 0.3) is 11.5 Å². The van der Waals surface area contributed by atoms with E-state index in [0.29, 0.717) is 24.3 Å². The van der Waals surface area contributed by atoms with E-state index in [0.717, 1.165) is 0 Å². The molecule has 1 aliphatic heterocycles. The Kier molecular flexibility index (Phi) is 5.60. The summed E-state index contributed by atoms with van der Waals surface area (Å²) in [5, 5.41) is 11.1. The van der Waals surface area contributed by atoms with Gasteiger partial charge >= 0.3 is 6.18 Å². The fourth-order valence-corrected chi connectivity index (χ4v) is 2.62. The number of hydrogen-bond acceptors (Lipinski definition) is 5. The summed E-state index contributed by atoms with van der Waals surface area (Å²) in [5.74, 6) is -0.830. The Balaban J connectivity index is 2.13. The minimum atomic E-state index is -4.47. The molecule has 2 heterocycles. The SMILES string of the molecule is Cc1n[nH]c(=O)c(C(=O)NCC(N2CCNCC2)C(F)(F)F)c1C. The highest BCUT2D eigenvalue weighted by Gasteiger charge is 2.43. The van der Waals surface area contributed by atoms with E-state index in [1.165, 1.54) is 11.8 Å². The van der Waals surface area contributed by atoms with Crippen LogP contribution in [0.15, 0.2) is 4.79 Å². The van der Waals surface area contributed by atoms with Gasteiger partial charge in [-0.25, -0.2) is 5.10 Å². The van der Waals surface area contributed by atoms with Gasteiger partial charge in [0.2, 0.25) is 0 Å². The molecule has 134 valence electrons. The standard InChI is InChI=1S/C14H20F3N5O2/c1-8-9(2)20-21-13(24)11(8)12(23)19-7-10(14(15,16)17)22-5-3-18-4-6-22/h10,18H,3-7H2,1-2H3,(H,19,23)(H,21,24). The van der Waals surface area contributed by atoms with Crippen LogP contribution in [0.5, 0.6) is 0 Å². The van der Waals surface area contributed by atoms with E-state index in [1.54, 1.807) is 6.92 Å². The number of rotatable bonds is 4. The number of nitrogens with zero attached hydrogens (tertiary/aromatic N) is 2. The summed E-state index contributed by atoms with van der Waals surface area (Å²) in [7, 11) is 0. The number of carbonyl (C=O) groups is 1. The highest BCUT2D eigenvalue weighted by Crippen LogP contribution is 2.24. The quantitative estimate of drug-likeness (QED) is 0.711. The molecule has 1 aromatic heterocycles. The number of alkyl halides is 3. The van der Waals surface area contributed by atoms with E-state index in [-0.39, 0.29) is 18.7 Å². The highest BCUT2D eigenvalue weighted by atomic mass is 19.4. The Bertz CT molecular complexity index is 653. The molecular weight excluding hydrogens is 327 g/mol. The van der Waals surface area contributed by atoms with Gasteiger partial charge in [-0.2, -0.15) is 18.3 Å². The average Bonchev–Trinajstić information content (AvgIpc) is 2.51. The van der Waals surface area contributed by atoms with Gasteiger partial charge in [-0.1, -0.05) is 0 Å². The molecule has 0 saturated carbocycles. The Labute approximate surface area is 136 Å². The molecule has 1 fully saturated rings. The van der Waals surface area contributed by atoms with Crippen molar-refractivity contribution in [2.45, 2.75) is 26.1 Å². The molecule has 10 heteroatoms. The highest BCUT2D eigenvalue weighted by molar-refractivity contribution is 5.95. The number of hydrogen-bond donors (Lipinski definition) is 3. The van der Waals surface area contributed by atoms with E-state index < -0.39 is 30.2 Å². The van der Waals surface area contributed by atoms with Crippen LogP contribution in [-0.4, -0.2) is 65.9 Å². The second kappa shape index (κ2) is 7.31. The van der Waals surface area contributed by atoms with Crippen molar-refractivity contribution < 1.29 is 18.0 Å². The molecule has 0 aliphatic carbocycles. The van der Waals surface area contributed by atoms with Crippen molar-refractivity contribution in [1.82, 2.24) is 25.7 Å². The Morgan fingerprint density at radius 3 is 2.54 bits per heavy atom. The molecule has 0 bridgehead atoms. The summed E-state index contributed by atoms with van der Waals surface area (Å²) in [6.07, 6.45) is -4.47. The molecule has 24 heavy (non-hydrogen) atoms. The van der Waals surface area contributed by atoms with Gasteiger partial charge in [-0.15, -0.1) is 0 Å². The topological polar surface area (TPSA) is 90.1 Å². The zero-order valence-electron chi connectivity index (χ0n) is 13.5. The molecule has 3 N–H and O–H groups in total. The minimum Gasteiger partial charge on any atom is -0.350 e. The van der Waals surface area contributed by atoms with Crippen LogP contribution < -0.4 is 16.2 Å². The molecular formula is C14H20F3N5O2. The second-order valence-electron chi connectivity index (χ2n) is 5.69. The third kappa shape index (κ3) is 4.12. The summed E-state index contributed by atoms with van der Waals surface area (Å²) in [6.45, 7) is 3.93. The van der Waals surface area contributed by atoms with E-state index in [1.807, 2.05) is 0 Å². The average molecular weight is 347 g/mol. The maximum atomic E-state index is 13.3. The van der Waals surface area contributed by atoms with Crippen LogP contribution in [0.25, 0.3) is 0 Å². The number of nitrogens with one attached hydrogen (secondary N) is 3. The maximum Gasteiger partial charge on any atom is 0.405 e. The Morgan fingerprint density at radius 1 is 1.33 bits per heavy atom. The molecule has 1 unspecified atom stereocenters. The fraction of sp³-hybridized carbons (Fsp3) is 0.643. The van der Waals surface area contributed by atoms with Crippen molar-refractivity contribution in [2.75, 3.05) is 32.7 Å². The predicted molar refractivity (Wildman–Crippen MR) is 81.0 cm³/mol. The Morgan fingerprint density at radius 2 is 1.96 bits per heavy atom. The lowest BCUT2D eigenvalue weighted by molar-refractivity contribution is -0.183. The second-order valence-corrected chi connectivity index (χ2v) is 5.69. The third-order valence-electron chi connectivity index (χ3n) is 4.12. The van der Waals surface area contributed by atoms with E-state index in [2.05, 4.69) is 20.8 Å². The van der Waals surface area contributed by atoms with E-state index >= 15 is 0 Å². The van der Waals surface area contributed by atoms with Crippen molar-refractivity contribution in [2.24, 2.45) is 0 Å². The molecule has 2 rings (SSSR count). The van der Waals surface area contributed by atoms with Gasteiger partial charge in [-0.3, -0.25) is 14.5 Å². The van der Waals surface area contributed by atoms with Gasteiger partial charge in [-0.05, 0) is 19.4 Å². The number of piperazine rings is 1. The first-order valence-corrected chi connectivity index (χ1v) is 7.57. The summed E-state index contributed by atoms with van der Waals surface area (Å²) in [5.41, 5.74) is -0.138. The smallest absolute Gasteiger partial charge is 0.350 e. The van der Waals surface area contributed by atoms with Gasteiger partial charge in [0.15, 0.2) is 0 Å². The van der Waals surface area contributed by atoms with Crippen LogP contribution in [-0.2, 0) is 0 Å². The molecule has 0 spiro atoms. The monoisotopic (exact) mass is 347 g/mol. The molecule has 1 amide bonds. The van der Waals surface area contributed by atoms with Crippen molar-refractivity contribution in [3.05, 3.63) is 27.2 Å². The van der Waals surface area contributed by atoms with Gasteiger partial charge in [0.1, 0.15) is 11.6 Å². The molecule has 1 aromatic rings. The van der Waals surface area contributed by atoms with Gasteiger partial charge in [0, 0.05) is 32.7 Å². The number of aromatic amines is 1. The lowest BCUT2D eigenvalue weighted by atomic mass is 10.1. The maximum absolute atomic E-state index is 13.3. The van der Waals surface area contributed by atoms with Gasteiger partial charge in [0.05, 0.1) is 5.69 Å². The lowest BCUT2D eigenvalue weighted by Crippen LogP contribution is -2.57. The first-order chi connectivity index (χ1) is 11.2. The van der Waals surface area contributed by atoms with Crippen LogP contribution in [0.2, 0.25) is 0 Å². The molecule has 7 nitrogen and oxygen atoms in total. The van der Waals surface area contributed by atoms with Crippen LogP contribution in [0.4, 0.5) is 13.2 Å². The number of aromatic nitrogens is 2. The summed E-state index contributed by atoms with van der Waals surface area (Å²) < 4.78 is 39.9.